The largest absolute Gasteiger partial charge is 0.325 e. The second-order valence-corrected chi connectivity index (χ2v) is 5.27. The van der Waals surface area contributed by atoms with Crippen LogP contribution in [0.25, 0.3) is 0 Å². The molecule has 1 amide bonds. The number of nitro groups is 1. The number of nitro benzene ring substituents is 1. The Labute approximate surface area is 118 Å². The van der Waals surface area contributed by atoms with Gasteiger partial charge in [0.25, 0.3) is 5.69 Å². The van der Waals surface area contributed by atoms with Crippen molar-refractivity contribution in [2.45, 2.75) is 25.3 Å². The topological polar surface area (TPSA) is 84.3 Å². The number of nitrogens with one attached hydrogen (secondary N) is 2. The van der Waals surface area contributed by atoms with Crippen molar-refractivity contribution in [1.82, 2.24) is 5.32 Å². The second-order valence-electron chi connectivity index (χ2n) is 4.42. The van der Waals surface area contributed by atoms with E-state index in [0.717, 1.165) is 25.8 Å². The zero-order chi connectivity index (χ0) is 13.8. The monoisotopic (exact) mass is 327 g/mol. The van der Waals surface area contributed by atoms with E-state index >= 15 is 0 Å². The molecule has 1 unspecified atom stereocenters. The molecule has 6 nitrogen and oxygen atoms in total. The molecule has 0 radical (unpaired) electrons. The number of halogens is 1. The van der Waals surface area contributed by atoms with Crippen LogP contribution in [0.5, 0.6) is 0 Å². The Morgan fingerprint density at radius 2 is 2.26 bits per heavy atom. The first-order chi connectivity index (χ1) is 9.08. The number of hydrogen-bond donors (Lipinski definition) is 2. The SMILES string of the molecule is O=C(Nc1ccc([N+](=O)[O-])c(Br)c1)C1CCCCN1. The van der Waals surface area contributed by atoms with E-state index in [4.69, 9.17) is 0 Å². The van der Waals surface area contributed by atoms with E-state index in [-0.39, 0.29) is 17.6 Å². The Morgan fingerprint density at radius 3 is 2.84 bits per heavy atom. The summed E-state index contributed by atoms with van der Waals surface area (Å²) in [4.78, 5) is 22.2. The molecule has 1 aliphatic rings. The fraction of sp³-hybridized carbons (Fsp3) is 0.417. The number of hydrogen-bond acceptors (Lipinski definition) is 4. The van der Waals surface area contributed by atoms with Gasteiger partial charge in [0.15, 0.2) is 0 Å². The van der Waals surface area contributed by atoms with Crippen molar-refractivity contribution in [2.75, 3.05) is 11.9 Å². The van der Waals surface area contributed by atoms with Crippen molar-refractivity contribution in [3.8, 4) is 0 Å². The quantitative estimate of drug-likeness (QED) is 0.659. The highest BCUT2D eigenvalue weighted by atomic mass is 79.9. The number of benzene rings is 1. The van der Waals surface area contributed by atoms with E-state index in [1.165, 1.54) is 12.1 Å². The molecule has 19 heavy (non-hydrogen) atoms. The molecule has 1 heterocycles. The average molecular weight is 328 g/mol. The maximum Gasteiger partial charge on any atom is 0.283 e. The fourth-order valence-electron chi connectivity index (χ4n) is 2.04. The lowest BCUT2D eigenvalue weighted by molar-refractivity contribution is -0.385. The minimum absolute atomic E-state index is 0.0196. The fourth-order valence-corrected chi connectivity index (χ4v) is 2.56. The second kappa shape index (κ2) is 6.12. The number of amides is 1. The van der Waals surface area contributed by atoms with Gasteiger partial charge in [-0.25, -0.2) is 0 Å². The molecule has 0 aromatic heterocycles. The zero-order valence-electron chi connectivity index (χ0n) is 10.2. The molecule has 0 saturated carbocycles. The van der Waals surface area contributed by atoms with Gasteiger partial charge in [-0.15, -0.1) is 0 Å². The molecule has 0 bridgehead atoms. The Morgan fingerprint density at radius 1 is 1.47 bits per heavy atom. The number of nitrogens with zero attached hydrogens (tertiary/aromatic N) is 1. The van der Waals surface area contributed by atoms with E-state index in [1.54, 1.807) is 6.07 Å². The standard InChI is InChI=1S/C12H14BrN3O3/c13-9-7-8(4-5-11(9)16(18)19)15-12(17)10-3-1-2-6-14-10/h4-5,7,10,14H,1-3,6H2,(H,15,17). The highest BCUT2D eigenvalue weighted by molar-refractivity contribution is 9.10. The summed E-state index contributed by atoms with van der Waals surface area (Å²) < 4.78 is 0.354. The summed E-state index contributed by atoms with van der Waals surface area (Å²) in [5, 5.41) is 16.6. The van der Waals surface area contributed by atoms with Gasteiger partial charge < -0.3 is 10.6 Å². The first-order valence-electron chi connectivity index (χ1n) is 6.06. The van der Waals surface area contributed by atoms with Crippen molar-refractivity contribution >= 4 is 33.2 Å². The van der Waals surface area contributed by atoms with Crippen molar-refractivity contribution in [1.29, 1.82) is 0 Å². The molecule has 2 rings (SSSR count). The van der Waals surface area contributed by atoms with Crippen LogP contribution in [0.15, 0.2) is 22.7 Å². The number of carbonyl (C=O) groups excluding carboxylic acids is 1. The van der Waals surface area contributed by atoms with Crippen LogP contribution >= 0.6 is 15.9 Å². The van der Waals surface area contributed by atoms with Crippen molar-refractivity contribution in [3.63, 3.8) is 0 Å². The van der Waals surface area contributed by atoms with Crippen molar-refractivity contribution in [2.24, 2.45) is 0 Å². The Bertz CT molecular complexity index is 501. The third-order valence-corrected chi connectivity index (χ3v) is 3.67. The van der Waals surface area contributed by atoms with Gasteiger partial charge in [-0.1, -0.05) is 6.42 Å². The molecule has 1 aromatic carbocycles. The van der Waals surface area contributed by atoms with Gasteiger partial charge in [0.05, 0.1) is 15.4 Å². The van der Waals surface area contributed by atoms with Gasteiger partial charge in [0, 0.05) is 11.8 Å². The van der Waals surface area contributed by atoms with Crippen LogP contribution in [0, 0.1) is 10.1 Å². The van der Waals surface area contributed by atoms with Gasteiger partial charge >= 0.3 is 0 Å². The number of piperidine rings is 1. The molecular formula is C12H14BrN3O3. The summed E-state index contributed by atoms with van der Waals surface area (Å²) in [6.07, 6.45) is 2.95. The van der Waals surface area contributed by atoms with Crippen LogP contribution < -0.4 is 10.6 Å². The molecule has 2 N–H and O–H groups in total. The normalized spacial score (nSPS) is 18.9. The summed E-state index contributed by atoms with van der Waals surface area (Å²) in [5.74, 6) is -0.0968. The first-order valence-corrected chi connectivity index (χ1v) is 6.85. The van der Waals surface area contributed by atoms with Crippen LogP contribution in [0.1, 0.15) is 19.3 Å². The number of anilines is 1. The minimum atomic E-state index is -0.474. The highest BCUT2D eigenvalue weighted by Gasteiger charge is 2.21. The van der Waals surface area contributed by atoms with Gasteiger partial charge in [-0.2, -0.15) is 0 Å². The smallest absolute Gasteiger partial charge is 0.283 e. The summed E-state index contributed by atoms with van der Waals surface area (Å²) in [7, 11) is 0. The van der Waals surface area contributed by atoms with Gasteiger partial charge in [0.1, 0.15) is 0 Å². The van der Waals surface area contributed by atoms with Crippen LogP contribution in [-0.2, 0) is 4.79 Å². The van der Waals surface area contributed by atoms with E-state index in [1.807, 2.05) is 0 Å². The predicted octanol–water partition coefficient (Wildman–Crippen LogP) is 2.44. The van der Waals surface area contributed by atoms with Crippen LogP contribution in [0.3, 0.4) is 0 Å². The lowest BCUT2D eigenvalue weighted by Gasteiger charge is -2.22. The maximum atomic E-state index is 12.0. The molecule has 1 aromatic rings. The molecule has 1 aliphatic heterocycles. The average Bonchev–Trinajstić information content (AvgIpc) is 2.39. The first kappa shape index (κ1) is 14.0. The number of rotatable bonds is 3. The summed E-state index contributed by atoms with van der Waals surface area (Å²) in [6, 6.07) is 4.26. The van der Waals surface area contributed by atoms with E-state index in [0.29, 0.717) is 10.2 Å². The summed E-state index contributed by atoms with van der Waals surface area (Å²) in [5.41, 5.74) is 0.531. The van der Waals surface area contributed by atoms with E-state index < -0.39 is 4.92 Å². The molecule has 7 heteroatoms. The third kappa shape index (κ3) is 3.51. The molecule has 1 atom stereocenters. The molecule has 0 spiro atoms. The van der Waals surface area contributed by atoms with E-state index in [2.05, 4.69) is 26.6 Å². The summed E-state index contributed by atoms with van der Waals surface area (Å²) in [6.45, 7) is 0.849. The van der Waals surface area contributed by atoms with Crippen molar-refractivity contribution in [3.05, 3.63) is 32.8 Å². The minimum Gasteiger partial charge on any atom is -0.325 e. The van der Waals surface area contributed by atoms with Crippen LogP contribution in [0.4, 0.5) is 11.4 Å². The maximum absolute atomic E-state index is 12.0. The zero-order valence-corrected chi connectivity index (χ0v) is 11.8. The summed E-state index contributed by atoms with van der Waals surface area (Å²) >= 11 is 3.13. The molecule has 102 valence electrons. The Kier molecular flexibility index (Phi) is 4.49. The van der Waals surface area contributed by atoms with Crippen LogP contribution in [-0.4, -0.2) is 23.4 Å². The van der Waals surface area contributed by atoms with E-state index in [9.17, 15) is 14.9 Å². The van der Waals surface area contributed by atoms with Gasteiger partial charge in [0.2, 0.25) is 5.91 Å². The molecule has 0 aliphatic carbocycles. The lowest BCUT2D eigenvalue weighted by Crippen LogP contribution is -2.43. The molecular weight excluding hydrogens is 314 g/mol. The molecule has 1 fully saturated rings. The number of carbonyl (C=O) groups is 1. The third-order valence-electron chi connectivity index (χ3n) is 3.04. The Balaban J connectivity index is 2.04. The highest BCUT2D eigenvalue weighted by Crippen LogP contribution is 2.27. The lowest BCUT2D eigenvalue weighted by atomic mass is 10.0. The Hall–Kier alpha value is -1.47. The van der Waals surface area contributed by atoms with Crippen LogP contribution in [0.2, 0.25) is 0 Å². The predicted molar refractivity (Wildman–Crippen MR) is 75.1 cm³/mol. The van der Waals surface area contributed by atoms with Gasteiger partial charge in [-0.3, -0.25) is 14.9 Å². The van der Waals surface area contributed by atoms with Crippen molar-refractivity contribution < 1.29 is 9.72 Å². The van der Waals surface area contributed by atoms with Gasteiger partial charge in [-0.05, 0) is 47.4 Å². The molecule has 1 saturated heterocycles.